The van der Waals surface area contributed by atoms with Gasteiger partial charge in [-0.15, -0.1) is 0 Å². The Morgan fingerprint density at radius 1 is 1.23 bits per heavy atom. The molecule has 2 unspecified atom stereocenters. The highest BCUT2D eigenvalue weighted by Gasteiger charge is 2.38. The monoisotopic (exact) mass is 446 g/mol. The summed E-state index contributed by atoms with van der Waals surface area (Å²) in [4.78, 5) is 21.6. The molecule has 31 heavy (non-hydrogen) atoms. The molecule has 0 aromatic carbocycles. The van der Waals surface area contributed by atoms with Gasteiger partial charge in [-0.25, -0.2) is 9.97 Å². The van der Waals surface area contributed by atoms with Gasteiger partial charge >= 0.3 is 6.18 Å². The van der Waals surface area contributed by atoms with E-state index in [1.54, 1.807) is 0 Å². The van der Waals surface area contributed by atoms with Crippen molar-refractivity contribution in [2.24, 2.45) is 11.3 Å². The zero-order chi connectivity index (χ0) is 24.1. The van der Waals surface area contributed by atoms with E-state index < -0.39 is 11.7 Å². The van der Waals surface area contributed by atoms with Crippen LogP contribution in [0, 0.1) is 18.3 Å². The molecule has 2 rings (SSSR count). The van der Waals surface area contributed by atoms with Gasteiger partial charge in [0.25, 0.3) is 0 Å². The molecule has 1 aliphatic heterocycles. The minimum Gasteiger partial charge on any atom is -0.342 e. The molecule has 0 aliphatic carbocycles. The maximum atomic E-state index is 12.6. The first-order chi connectivity index (χ1) is 14.5. The van der Waals surface area contributed by atoms with Crippen LogP contribution in [0.5, 0.6) is 0 Å². The van der Waals surface area contributed by atoms with Crippen LogP contribution in [-0.2, 0) is 11.0 Å². The minimum atomic E-state index is -4.34. The van der Waals surface area contributed by atoms with Crippen molar-refractivity contribution in [3.8, 4) is 0 Å². The van der Waals surface area contributed by atoms with Gasteiger partial charge in [-0.05, 0) is 45.6 Å². The molecule has 1 fully saturated rings. The molecule has 1 saturated heterocycles. The molecule has 0 bridgehead atoms. The Labute approximate surface area is 186 Å². The topological polar surface area (TPSA) is 58.1 Å². The fourth-order valence-electron chi connectivity index (χ4n) is 3.09. The normalized spacial score (nSPS) is 18.9. The number of aromatic nitrogens is 2. The Hall–Kier alpha value is -1.70. The second-order valence-electron chi connectivity index (χ2n) is 8.10. The van der Waals surface area contributed by atoms with E-state index in [1.807, 2.05) is 13.8 Å². The molecule has 0 spiro atoms. The quantitative estimate of drug-likeness (QED) is 0.602. The summed E-state index contributed by atoms with van der Waals surface area (Å²) in [7, 11) is 0. The SMILES string of the molecule is CC.CCCN(CCC(C)CC)C(=O)C1(C)CCNC1.Cc1ncc(C(F)(F)F)cn1. The van der Waals surface area contributed by atoms with E-state index in [-0.39, 0.29) is 5.41 Å². The van der Waals surface area contributed by atoms with Crippen molar-refractivity contribution in [2.45, 2.75) is 80.3 Å². The first-order valence-corrected chi connectivity index (χ1v) is 11.4. The summed E-state index contributed by atoms with van der Waals surface area (Å²) in [6.07, 6.45) is 1.56. The lowest BCUT2D eigenvalue weighted by Gasteiger charge is -2.31. The number of nitrogens with one attached hydrogen (secondary N) is 1. The van der Waals surface area contributed by atoms with Crippen molar-refractivity contribution in [2.75, 3.05) is 26.2 Å². The molecule has 1 N–H and O–H groups in total. The molecule has 1 aromatic rings. The third-order valence-corrected chi connectivity index (χ3v) is 5.36. The summed E-state index contributed by atoms with van der Waals surface area (Å²) >= 11 is 0. The molecule has 2 atom stereocenters. The van der Waals surface area contributed by atoms with Crippen LogP contribution in [0.15, 0.2) is 12.4 Å². The summed E-state index contributed by atoms with van der Waals surface area (Å²) in [6, 6.07) is 0. The van der Waals surface area contributed by atoms with Crippen molar-refractivity contribution >= 4 is 5.91 Å². The summed E-state index contributed by atoms with van der Waals surface area (Å²) in [5.74, 6) is 1.40. The lowest BCUT2D eigenvalue weighted by molar-refractivity contribution is -0.140. The number of hydrogen-bond donors (Lipinski definition) is 1. The second-order valence-corrected chi connectivity index (χ2v) is 8.10. The predicted octanol–water partition coefficient (Wildman–Crippen LogP) is 5.49. The Kier molecular flexibility index (Phi) is 13.6. The lowest BCUT2D eigenvalue weighted by Crippen LogP contribution is -2.44. The fourth-order valence-corrected chi connectivity index (χ4v) is 3.09. The van der Waals surface area contributed by atoms with Crippen LogP contribution in [0.4, 0.5) is 13.2 Å². The first-order valence-electron chi connectivity index (χ1n) is 11.4. The standard InChI is InChI=1S/C15H30N2O.C6H5F3N2.C2H6/c1-5-10-17(11-7-13(3)6-2)14(18)15(4)8-9-16-12-15;1-4-10-2-5(3-11-4)6(7,8)9;1-2/h13,16H,5-12H2,1-4H3;2-3H,1H3;1-2H3. The van der Waals surface area contributed by atoms with Crippen molar-refractivity contribution in [1.29, 1.82) is 0 Å². The van der Waals surface area contributed by atoms with E-state index in [4.69, 9.17) is 0 Å². The molecule has 180 valence electrons. The van der Waals surface area contributed by atoms with Gasteiger partial charge < -0.3 is 10.2 Å². The third-order valence-electron chi connectivity index (χ3n) is 5.36. The van der Waals surface area contributed by atoms with Crippen LogP contribution in [0.1, 0.15) is 78.6 Å². The van der Waals surface area contributed by atoms with Crippen molar-refractivity contribution in [3.05, 3.63) is 23.8 Å². The Morgan fingerprint density at radius 3 is 2.23 bits per heavy atom. The van der Waals surface area contributed by atoms with Crippen molar-refractivity contribution < 1.29 is 18.0 Å². The minimum absolute atomic E-state index is 0.162. The van der Waals surface area contributed by atoms with Crippen LogP contribution < -0.4 is 5.32 Å². The van der Waals surface area contributed by atoms with E-state index in [9.17, 15) is 18.0 Å². The van der Waals surface area contributed by atoms with Gasteiger partial charge in [-0.1, -0.05) is 41.0 Å². The predicted molar refractivity (Wildman–Crippen MR) is 120 cm³/mol. The largest absolute Gasteiger partial charge is 0.419 e. The number of halogens is 3. The van der Waals surface area contributed by atoms with Gasteiger partial charge in [-0.2, -0.15) is 13.2 Å². The highest BCUT2D eigenvalue weighted by atomic mass is 19.4. The van der Waals surface area contributed by atoms with Gasteiger partial charge in [0.1, 0.15) is 5.82 Å². The molecular weight excluding hydrogens is 405 g/mol. The van der Waals surface area contributed by atoms with Crippen LogP contribution >= 0.6 is 0 Å². The molecule has 0 saturated carbocycles. The van der Waals surface area contributed by atoms with Gasteiger partial charge in [0.2, 0.25) is 5.91 Å². The summed E-state index contributed by atoms with van der Waals surface area (Å²) < 4.78 is 35.5. The van der Waals surface area contributed by atoms with E-state index >= 15 is 0 Å². The summed E-state index contributed by atoms with van der Waals surface area (Å²) in [5.41, 5.74) is -0.979. The third kappa shape index (κ3) is 10.4. The Bertz CT molecular complexity index is 614. The number of hydrogen-bond acceptors (Lipinski definition) is 4. The average Bonchev–Trinajstić information content (AvgIpc) is 3.19. The molecule has 2 heterocycles. The van der Waals surface area contributed by atoms with Gasteiger partial charge in [0, 0.05) is 32.0 Å². The maximum Gasteiger partial charge on any atom is 0.419 e. The smallest absolute Gasteiger partial charge is 0.342 e. The molecule has 1 amide bonds. The van der Waals surface area contributed by atoms with E-state index in [0.29, 0.717) is 17.6 Å². The molecule has 5 nitrogen and oxygen atoms in total. The van der Waals surface area contributed by atoms with Gasteiger partial charge in [0.05, 0.1) is 11.0 Å². The van der Waals surface area contributed by atoms with Crippen molar-refractivity contribution in [3.63, 3.8) is 0 Å². The number of carbonyl (C=O) groups is 1. The summed E-state index contributed by atoms with van der Waals surface area (Å²) in [5, 5.41) is 3.32. The highest BCUT2D eigenvalue weighted by Crippen LogP contribution is 2.28. The van der Waals surface area contributed by atoms with E-state index in [2.05, 4.69) is 47.9 Å². The lowest BCUT2D eigenvalue weighted by atomic mass is 9.87. The molecule has 1 aromatic heterocycles. The molecule has 1 aliphatic rings. The van der Waals surface area contributed by atoms with E-state index in [0.717, 1.165) is 57.8 Å². The summed E-state index contributed by atoms with van der Waals surface area (Å²) in [6.45, 7) is 17.9. The second kappa shape index (κ2) is 14.4. The van der Waals surface area contributed by atoms with Gasteiger partial charge in [0.15, 0.2) is 0 Å². The van der Waals surface area contributed by atoms with Crippen molar-refractivity contribution in [1.82, 2.24) is 20.2 Å². The number of alkyl halides is 3. The number of aryl methyl sites for hydroxylation is 1. The van der Waals surface area contributed by atoms with Crippen LogP contribution in [0.3, 0.4) is 0 Å². The van der Waals surface area contributed by atoms with Gasteiger partial charge in [-0.3, -0.25) is 4.79 Å². The molecule has 0 radical (unpaired) electrons. The number of nitrogens with zero attached hydrogens (tertiary/aromatic N) is 3. The Morgan fingerprint density at radius 2 is 1.81 bits per heavy atom. The first kappa shape index (κ1) is 29.3. The maximum absolute atomic E-state index is 12.6. The molecule has 8 heteroatoms. The highest BCUT2D eigenvalue weighted by molar-refractivity contribution is 5.83. The number of rotatable bonds is 7. The van der Waals surface area contributed by atoms with Crippen LogP contribution in [0.2, 0.25) is 0 Å². The fraction of sp³-hybridized carbons (Fsp3) is 0.783. The van der Waals surface area contributed by atoms with Crippen LogP contribution in [-0.4, -0.2) is 47.0 Å². The zero-order valence-electron chi connectivity index (χ0n) is 20.3. The average molecular weight is 447 g/mol. The number of carbonyl (C=O) groups excluding carboxylic acids is 1. The van der Waals surface area contributed by atoms with Crippen LogP contribution in [0.25, 0.3) is 0 Å². The number of amides is 1. The zero-order valence-corrected chi connectivity index (χ0v) is 20.3. The molecular formula is C23H41F3N4O. The van der Waals surface area contributed by atoms with E-state index in [1.165, 1.54) is 13.3 Å². The Balaban J connectivity index is 0.000000591.